The lowest BCUT2D eigenvalue weighted by Crippen LogP contribution is -2.48. The van der Waals surface area contributed by atoms with Gasteiger partial charge in [-0.25, -0.2) is 4.98 Å². The van der Waals surface area contributed by atoms with Crippen LogP contribution in [0.2, 0.25) is 0 Å². The van der Waals surface area contributed by atoms with Gasteiger partial charge >= 0.3 is 0 Å². The predicted molar refractivity (Wildman–Crippen MR) is 100 cm³/mol. The molecule has 128 valence electrons. The molecule has 0 spiro atoms. The lowest BCUT2D eigenvalue weighted by molar-refractivity contribution is 0.680. The highest BCUT2D eigenvalue weighted by Gasteiger charge is 2.35. The van der Waals surface area contributed by atoms with Crippen LogP contribution in [0.5, 0.6) is 0 Å². The second kappa shape index (κ2) is 7.55. The molecule has 2 N–H and O–H groups in total. The van der Waals surface area contributed by atoms with E-state index in [4.69, 9.17) is 12.2 Å². The Hall–Kier alpha value is -1.95. The summed E-state index contributed by atoms with van der Waals surface area (Å²) in [6, 6.07) is 0. The van der Waals surface area contributed by atoms with E-state index in [-0.39, 0.29) is 8.41 Å². The number of nitrogens with one attached hydrogen (secondary N) is 2. The first-order valence-electron chi connectivity index (χ1n) is 8.27. The second-order valence-corrected chi connectivity index (χ2v) is 5.47. The van der Waals surface area contributed by atoms with Gasteiger partial charge in [-0.2, -0.15) is 0 Å². The average molecular weight is 337 g/mol. The molecule has 4 rings (SSSR count). The second-order valence-electron chi connectivity index (χ2n) is 5.08. The maximum absolute atomic E-state index is 12.5. The van der Waals surface area contributed by atoms with Crippen LogP contribution < -0.4 is 16.1 Å². The standard InChI is InChI=1S/C13H12N4OS.2C2H6.2H2/c18-12-9-4-7-3-8(7)5-10(9)16-13(19)17(12)6-11-14-1-2-15-11;2*1-2;;/h1-2,4-5,7-8H,3,6H2,(H,14,15)(H,16,19);2*1-2H3;2*1H. The molecule has 0 aromatic carbocycles. The monoisotopic (exact) mass is 336 g/mol. The maximum atomic E-state index is 12.5. The average Bonchev–Trinajstić information content (AvgIpc) is 3.15. The van der Waals surface area contributed by atoms with E-state index in [1.165, 1.54) is 0 Å². The van der Waals surface area contributed by atoms with Crippen molar-refractivity contribution in [2.45, 2.75) is 40.7 Å². The van der Waals surface area contributed by atoms with Crippen molar-refractivity contribution in [3.05, 3.63) is 43.9 Å². The van der Waals surface area contributed by atoms with E-state index >= 15 is 0 Å². The molecule has 0 radical (unpaired) electrons. The minimum Gasteiger partial charge on any atom is -0.347 e. The summed E-state index contributed by atoms with van der Waals surface area (Å²) in [6.07, 6.45) is 8.76. The Labute approximate surface area is 143 Å². The number of rotatable bonds is 2. The predicted octanol–water partition coefficient (Wildman–Crippen LogP) is 2.43. The number of H-pyrrole nitrogens is 2. The highest BCUT2D eigenvalue weighted by atomic mass is 32.1. The molecule has 0 aliphatic heterocycles. The van der Waals surface area contributed by atoms with Gasteiger partial charge in [-0.15, -0.1) is 0 Å². The Kier molecular flexibility index (Phi) is 5.71. The van der Waals surface area contributed by atoms with Gasteiger partial charge in [0.25, 0.3) is 5.56 Å². The number of aromatic nitrogens is 4. The van der Waals surface area contributed by atoms with E-state index in [1.54, 1.807) is 17.0 Å². The van der Waals surface area contributed by atoms with E-state index in [2.05, 4.69) is 27.1 Å². The van der Waals surface area contributed by atoms with Gasteiger partial charge in [0.15, 0.2) is 4.77 Å². The minimum absolute atomic E-state index is 0. The summed E-state index contributed by atoms with van der Waals surface area (Å²) in [5.41, 5.74) is -0.0308. The van der Waals surface area contributed by atoms with E-state index in [0.29, 0.717) is 23.2 Å². The minimum atomic E-state index is -0.0308. The molecule has 2 atom stereocenters. The summed E-state index contributed by atoms with van der Waals surface area (Å²) >= 11 is 5.28. The van der Waals surface area contributed by atoms with E-state index in [1.807, 2.05) is 27.7 Å². The fourth-order valence-corrected chi connectivity index (χ4v) is 2.88. The topological polar surface area (TPSA) is 66.5 Å². The molecular formula is C17H28N4OS. The third-order valence-electron chi connectivity index (χ3n) is 3.77. The summed E-state index contributed by atoms with van der Waals surface area (Å²) in [5, 5.41) is 1.63. The lowest BCUT2D eigenvalue weighted by Gasteiger charge is -2.06. The summed E-state index contributed by atoms with van der Waals surface area (Å²) in [7, 11) is 0. The van der Waals surface area contributed by atoms with Crippen LogP contribution in [0.15, 0.2) is 17.2 Å². The maximum Gasteiger partial charge on any atom is 0.262 e. The van der Waals surface area contributed by atoms with Crippen molar-refractivity contribution >= 4 is 24.4 Å². The van der Waals surface area contributed by atoms with Crippen LogP contribution >= 0.6 is 12.2 Å². The van der Waals surface area contributed by atoms with Gasteiger partial charge in [-0.3, -0.25) is 9.36 Å². The third-order valence-corrected chi connectivity index (χ3v) is 4.09. The number of nitrogens with zero attached hydrogens (tertiary/aromatic N) is 2. The first kappa shape index (κ1) is 17.4. The van der Waals surface area contributed by atoms with Crippen LogP contribution in [0.25, 0.3) is 12.2 Å². The molecule has 2 heterocycles. The fourth-order valence-electron chi connectivity index (χ4n) is 2.62. The number of imidazole rings is 1. The van der Waals surface area contributed by atoms with Crippen LogP contribution in [-0.4, -0.2) is 19.5 Å². The first-order chi connectivity index (χ1) is 11.2. The van der Waals surface area contributed by atoms with Crippen molar-refractivity contribution in [2.75, 3.05) is 0 Å². The van der Waals surface area contributed by atoms with Crippen molar-refractivity contribution in [3.8, 4) is 0 Å². The summed E-state index contributed by atoms with van der Waals surface area (Å²) in [6.45, 7) is 8.37. The van der Waals surface area contributed by atoms with Gasteiger partial charge in [0, 0.05) is 20.6 Å². The zero-order valence-corrected chi connectivity index (χ0v) is 14.9. The Morgan fingerprint density at radius 3 is 2.65 bits per heavy atom. The molecule has 5 nitrogen and oxygen atoms in total. The Morgan fingerprint density at radius 2 is 2.00 bits per heavy atom. The SMILES string of the molecule is CC.CC.O=c1c2c([nH]c(=S)n1Cc1ncc[nH]1)=CC1CC1C=2.[HH].[HH]. The van der Waals surface area contributed by atoms with Crippen LogP contribution in [0, 0.1) is 16.6 Å². The number of aromatic amines is 2. The lowest BCUT2D eigenvalue weighted by atomic mass is 10.1. The van der Waals surface area contributed by atoms with Crippen molar-refractivity contribution in [3.63, 3.8) is 0 Å². The molecule has 2 aliphatic carbocycles. The molecule has 2 aromatic heterocycles. The summed E-state index contributed by atoms with van der Waals surface area (Å²) in [4.78, 5) is 22.8. The van der Waals surface area contributed by atoms with Gasteiger partial charge in [0.1, 0.15) is 5.82 Å². The number of hydrogen-bond acceptors (Lipinski definition) is 3. The molecule has 2 aliphatic rings. The largest absolute Gasteiger partial charge is 0.347 e. The van der Waals surface area contributed by atoms with Gasteiger partial charge in [0.05, 0.1) is 11.8 Å². The molecule has 1 saturated carbocycles. The van der Waals surface area contributed by atoms with Gasteiger partial charge in [-0.1, -0.05) is 39.8 Å². The Balaban J connectivity index is 0.000000901. The highest BCUT2D eigenvalue weighted by molar-refractivity contribution is 7.71. The smallest absolute Gasteiger partial charge is 0.262 e. The zero-order valence-electron chi connectivity index (χ0n) is 14.1. The molecule has 0 amide bonds. The van der Waals surface area contributed by atoms with E-state index in [9.17, 15) is 4.79 Å². The molecule has 2 aromatic rings. The molecule has 1 fully saturated rings. The fraction of sp³-hybridized carbons (Fsp3) is 0.471. The summed E-state index contributed by atoms with van der Waals surface area (Å²) in [5.74, 6) is 1.87. The van der Waals surface area contributed by atoms with Crippen LogP contribution in [0.1, 0.15) is 42.8 Å². The summed E-state index contributed by atoms with van der Waals surface area (Å²) < 4.78 is 2.00. The van der Waals surface area contributed by atoms with Crippen molar-refractivity contribution in [1.29, 1.82) is 0 Å². The molecule has 0 bridgehead atoms. The molecule has 0 saturated heterocycles. The number of fused-ring (bicyclic) bond motifs is 2. The molecule has 23 heavy (non-hydrogen) atoms. The first-order valence-corrected chi connectivity index (χ1v) is 8.68. The van der Waals surface area contributed by atoms with Crippen LogP contribution in [0.3, 0.4) is 0 Å². The van der Waals surface area contributed by atoms with Gasteiger partial charge < -0.3 is 9.97 Å². The quantitative estimate of drug-likeness (QED) is 0.828. The van der Waals surface area contributed by atoms with Crippen LogP contribution in [0.4, 0.5) is 0 Å². The van der Waals surface area contributed by atoms with Crippen molar-refractivity contribution < 1.29 is 2.85 Å². The van der Waals surface area contributed by atoms with Crippen molar-refractivity contribution in [1.82, 2.24) is 19.5 Å². The Bertz CT molecular complexity index is 887. The molecule has 2 unspecified atom stereocenters. The van der Waals surface area contributed by atoms with E-state index in [0.717, 1.165) is 22.8 Å². The third kappa shape index (κ3) is 3.52. The Morgan fingerprint density at radius 1 is 1.30 bits per heavy atom. The molecule has 6 heteroatoms. The van der Waals surface area contributed by atoms with Crippen LogP contribution in [-0.2, 0) is 6.54 Å². The van der Waals surface area contributed by atoms with Gasteiger partial charge in [-0.05, 0) is 30.5 Å². The molecular weight excluding hydrogens is 308 g/mol. The zero-order chi connectivity index (χ0) is 17.0. The normalized spacial score (nSPS) is 19.5. The number of hydrogen-bond donors (Lipinski definition) is 2. The highest BCUT2D eigenvalue weighted by Crippen LogP contribution is 2.41. The van der Waals surface area contributed by atoms with Gasteiger partial charge in [0.2, 0.25) is 0 Å². The van der Waals surface area contributed by atoms with Crippen molar-refractivity contribution in [2.24, 2.45) is 11.8 Å². The van der Waals surface area contributed by atoms with E-state index < -0.39 is 0 Å².